The molecule has 3 fully saturated rings. The summed E-state index contributed by atoms with van der Waals surface area (Å²) in [6, 6.07) is 0. The topological polar surface area (TPSA) is 170 Å². The quantitative estimate of drug-likeness (QED) is 0.176. The van der Waals surface area contributed by atoms with E-state index in [4.69, 9.17) is 28.4 Å². The molecule has 274 valence electrons. The SMILES string of the molecule is C=CC(C)(C)CO[C@H]1O[C@H](O[C@@H]2C3=C([C@H](C)COC(C)=O)C[C@H](O)[C@]3(C)CC3[C@@H](COC)CC[C@H]3[C@@H](C)[C@H]2O)C(O)C(OC(C)=O)C1O. The zero-order chi connectivity index (χ0) is 35.7. The molecular weight excluding hydrogens is 624 g/mol. The second-order valence-electron chi connectivity index (χ2n) is 15.4. The van der Waals surface area contributed by atoms with Crippen LogP contribution in [0.4, 0.5) is 0 Å². The van der Waals surface area contributed by atoms with E-state index in [1.54, 1.807) is 13.2 Å². The van der Waals surface area contributed by atoms with Gasteiger partial charge in [-0.2, -0.15) is 0 Å². The van der Waals surface area contributed by atoms with Crippen LogP contribution < -0.4 is 0 Å². The summed E-state index contributed by atoms with van der Waals surface area (Å²) in [6.07, 6.45) is -6.06. The summed E-state index contributed by atoms with van der Waals surface area (Å²) in [5.41, 5.74) is 0.162. The fourth-order valence-electron chi connectivity index (χ4n) is 8.45. The third-order valence-corrected chi connectivity index (χ3v) is 11.4. The number of carbonyl (C=O) groups is 2. The van der Waals surface area contributed by atoms with Crippen LogP contribution in [0.1, 0.15) is 74.1 Å². The van der Waals surface area contributed by atoms with Crippen molar-refractivity contribution in [1.29, 1.82) is 0 Å². The summed E-state index contributed by atoms with van der Waals surface area (Å²) in [6.45, 7) is 16.8. The first-order chi connectivity index (χ1) is 22.4. The van der Waals surface area contributed by atoms with Crippen LogP contribution in [-0.4, -0.2) is 108 Å². The van der Waals surface area contributed by atoms with Gasteiger partial charge in [-0.15, -0.1) is 6.58 Å². The van der Waals surface area contributed by atoms with Gasteiger partial charge in [-0.05, 0) is 54.9 Å². The van der Waals surface area contributed by atoms with Gasteiger partial charge in [0, 0.05) is 44.3 Å². The lowest BCUT2D eigenvalue weighted by atomic mass is 9.62. The maximum atomic E-state index is 12.3. The van der Waals surface area contributed by atoms with Crippen LogP contribution in [0.5, 0.6) is 0 Å². The molecule has 1 heterocycles. The normalized spacial score (nSPS) is 40.8. The van der Waals surface area contributed by atoms with Gasteiger partial charge in [0.1, 0.15) is 18.3 Å². The van der Waals surface area contributed by atoms with E-state index in [2.05, 4.69) is 6.58 Å². The molecule has 4 N–H and O–H groups in total. The maximum Gasteiger partial charge on any atom is 0.303 e. The molecule has 4 aliphatic rings. The van der Waals surface area contributed by atoms with Gasteiger partial charge >= 0.3 is 11.9 Å². The van der Waals surface area contributed by atoms with Gasteiger partial charge in [0.05, 0.1) is 25.4 Å². The van der Waals surface area contributed by atoms with E-state index >= 15 is 0 Å². The molecule has 3 aliphatic carbocycles. The third-order valence-electron chi connectivity index (χ3n) is 11.4. The van der Waals surface area contributed by atoms with Crippen molar-refractivity contribution in [2.24, 2.45) is 40.4 Å². The molecule has 12 heteroatoms. The first kappa shape index (κ1) is 38.9. The molecular formula is C36H58O12. The lowest BCUT2D eigenvalue weighted by Crippen LogP contribution is -2.62. The van der Waals surface area contributed by atoms with Crippen LogP contribution in [0.25, 0.3) is 0 Å². The Kier molecular flexibility index (Phi) is 12.6. The minimum Gasteiger partial charge on any atom is -0.465 e. The fraction of sp³-hybridized carbons (Fsp3) is 0.833. The predicted molar refractivity (Wildman–Crippen MR) is 174 cm³/mol. The van der Waals surface area contributed by atoms with E-state index in [0.29, 0.717) is 18.6 Å². The summed E-state index contributed by atoms with van der Waals surface area (Å²) in [4.78, 5) is 23.9. The van der Waals surface area contributed by atoms with Gasteiger partial charge in [0.25, 0.3) is 0 Å². The van der Waals surface area contributed by atoms with Gasteiger partial charge < -0.3 is 48.8 Å². The molecule has 0 radical (unpaired) electrons. The van der Waals surface area contributed by atoms with Crippen LogP contribution in [0.2, 0.25) is 0 Å². The number of ether oxygens (including phenoxy) is 6. The number of esters is 2. The van der Waals surface area contributed by atoms with E-state index in [9.17, 15) is 30.0 Å². The van der Waals surface area contributed by atoms with E-state index < -0.39 is 72.0 Å². The summed E-state index contributed by atoms with van der Waals surface area (Å²) in [7, 11) is 1.69. The highest BCUT2D eigenvalue weighted by molar-refractivity contribution is 5.66. The number of hydrogen-bond donors (Lipinski definition) is 4. The van der Waals surface area contributed by atoms with Crippen molar-refractivity contribution in [3.05, 3.63) is 23.8 Å². The molecule has 0 aromatic heterocycles. The van der Waals surface area contributed by atoms with Gasteiger partial charge in [0.2, 0.25) is 0 Å². The predicted octanol–water partition coefficient (Wildman–Crippen LogP) is 2.89. The van der Waals surface area contributed by atoms with Crippen LogP contribution >= 0.6 is 0 Å². The zero-order valence-corrected chi connectivity index (χ0v) is 29.8. The van der Waals surface area contributed by atoms with Crippen molar-refractivity contribution in [2.75, 3.05) is 26.9 Å². The highest BCUT2D eigenvalue weighted by atomic mass is 16.8. The van der Waals surface area contributed by atoms with Crippen molar-refractivity contribution < 1.29 is 58.4 Å². The molecule has 14 atom stereocenters. The van der Waals surface area contributed by atoms with Gasteiger partial charge in [-0.25, -0.2) is 0 Å². The van der Waals surface area contributed by atoms with Crippen molar-refractivity contribution in [1.82, 2.24) is 0 Å². The molecule has 1 aliphatic heterocycles. The largest absolute Gasteiger partial charge is 0.465 e. The van der Waals surface area contributed by atoms with Gasteiger partial charge in [0.15, 0.2) is 18.7 Å². The Morgan fingerprint density at radius 3 is 2.33 bits per heavy atom. The molecule has 4 unspecified atom stereocenters. The first-order valence-corrected chi connectivity index (χ1v) is 17.3. The summed E-state index contributed by atoms with van der Waals surface area (Å²) >= 11 is 0. The Hall–Kier alpha value is -1.90. The highest BCUT2D eigenvalue weighted by Gasteiger charge is 2.58. The van der Waals surface area contributed by atoms with Crippen LogP contribution in [0, 0.1) is 40.4 Å². The number of rotatable bonds is 12. The molecule has 0 aromatic carbocycles. The summed E-state index contributed by atoms with van der Waals surface area (Å²) in [5.74, 6) is -1.18. The van der Waals surface area contributed by atoms with Crippen molar-refractivity contribution >= 4 is 11.9 Å². The smallest absolute Gasteiger partial charge is 0.303 e. The van der Waals surface area contributed by atoms with Crippen molar-refractivity contribution in [3.8, 4) is 0 Å². The number of fused-ring (bicyclic) bond motifs is 2. The molecule has 4 rings (SSSR count). The standard InChI is InChI=1S/C36H58O12/c1-10-35(6,7)17-45-33-29(41)32(46-21(5)38)30(42)34(48-33)47-31-27-24(18(2)15-44-20(4)37)13-26(39)36(27,8)14-25-22(16-43-9)11-12-23(25)19(3)28(31)40/h10,18-19,22-23,25-26,28-34,39-42H,1,11-17H2,2-9H3/t18-,19-,22-,23+,25?,26+,28-,29?,30?,31-,32?,33+,34+,36+/m1/s1. The number of aliphatic hydroxyl groups is 4. The second kappa shape index (κ2) is 15.6. The van der Waals surface area contributed by atoms with Gasteiger partial charge in [-0.3, -0.25) is 9.59 Å². The van der Waals surface area contributed by atoms with Crippen LogP contribution in [-0.2, 0) is 38.0 Å². The average Bonchev–Trinajstić information content (AvgIpc) is 3.52. The van der Waals surface area contributed by atoms with E-state index in [-0.39, 0.29) is 49.2 Å². The number of aliphatic hydroxyl groups excluding tert-OH is 4. The molecule has 0 bridgehead atoms. The van der Waals surface area contributed by atoms with Gasteiger partial charge in [-0.1, -0.05) is 46.3 Å². The van der Waals surface area contributed by atoms with Crippen molar-refractivity contribution in [3.63, 3.8) is 0 Å². The minimum atomic E-state index is -1.64. The fourth-order valence-corrected chi connectivity index (χ4v) is 8.45. The van der Waals surface area contributed by atoms with E-state index in [1.165, 1.54) is 13.8 Å². The highest BCUT2D eigenvalue weighted by Crippen LogP contribution is 2.59. The average molecular weight is 683 g/mol. The molecule has 12 nitrogen and oxygen atoms in total. The second-order valence-corrected chi connectivity index (χ2v) is 15.4. The molecule has 0 amide bonds. The first-order valence-electron chi connectivity index (χ1n) is 17.3. The molecule has 0 spiro atoms. The molecule has 48 heavy (non-hydrogen) atoms. The summed E-state index contributed by atoms with van der Waals surface area (Å²) in [5, 5.41) is 46.7. The lowest BCUT2D eigenvalue weighted by Gasteiger charge is -2.49. The molecule has 0 aromatic rings. The Morgan fingerprint density at radius 1 is 1.06 bits per heavy atom. The number of hydrogen-bond acceptors (Lipinski definition) is 12. The third kappa shape index (κ3) is 8.01. The Morgan fingerprint density at radius 2 is 1.73 bits per heavy atom. The Labute approximate surface area is 284 Å². The maximum absolute atomic E-state index is 12.3. The molecule has 2 saturated carbocycles. The molecule has 1 saturated heterocycles. The lowest BCUT2D eigenvalue weighted by molar-refractivity contribution is -0.362. The Balaban J connectivity index is 1.79. The summed E-state index contributed by atoms with van der Waals surface area (Å²) < 4.78 is 35.0. The number of methoxy groups -OCH3 is 1. The monoisotopic (exact) mass is 682 g/mol. The van der Waals surface area contributed by atoms with E-state index in [1.807, 2.05) is 34.6 Å². The number of carbonyl (C=O) groups excluding carboxylic acids is 2. The van der Waals surface area contributed by atoms with Crippen LogP contribution in [0.15, 0.2) is 23.8 Å². The Bertz CT molecular complexity index is 1190. The van der Waals surface area contributed by atoms with E-state index in [0.717, 1.165) is 18.4 Å². The van der Waals surface area contributed by atoms with Crippen LogP contribution in [0.3, 0.4) is 0 Å². The van der Waals surface area contributed by atoms with Crippen molar-refractivity contribution in [2.45, 2.75) is 123 Å². The minimum absolute atomic E-state index is 0.0754. The zero-order valence-electron chi connectivity index (χ0n) is 29.8.